The summed E-state index contributed by atoms with van der Waals surface area (Å²) in [5.41, 5.74) is 11.6. The number of thiophene rings is 1. The monoisotopic (exact) mass is 657 g/mol. The van der Waals surface area contributed by atoms with Crippen LogP contribution in [0, 0.1) is 36.5 Å². The molecule has 46 heavy (non-hydrogen) atoms. The van der Waals surface area contributed by atoms with Crippen molar-refractivity contribution in [1.29, 1.82) is 10.8 Å². The Balaban J connectivity index is 1.35. The van der Waals surface area contributed by atoms with Gasteiger partial charge in [0, 0.05) is 64.9 Å². The molecular weight excluding hydrogens is 618 g/mol. The van der Waals surface area contributed by atoms with Crippen molar-refractivity contribution in [2.24, 2.45) is 10.7 Å². The number of nitrogens with two attached hydrogens (primary N) is 1. The second kappa shape index (κ2) is 14.6. The Morgan fingerprint density at radius 3 is 2.52 bits per heavy atom. The molecule has 0 spiro atoms. The number of aryl methyl sites for hydroxylation is 1. The number of fused-ring (bicyclic) bond motifs is 1. The van der Waals surface area contributed by atoms with Crippen LogP contribution in [-0.4, -0.2) is 72.1 Å². The third-order valence-electron chi connectivity index (χ3n) is 8.45. The zero-order chi connectivity index (χ0) is 33.0. The van der Waals surface area contributed by atoms with Crippen molar-refractivity contribution < 1.29 is 9.90 Å². The molecule has 1 amide bonds. The minimum absolute atomic E-state index is 0.0266. The van der Waals surface area contributed by atoms with E-state index in [1.165, 1.54) is 11.3 Å². The maximum atomic E-state index is 13.8. The van der Waals surface area contributed by atoms with Crippen molar-refractivity contribution in [3.8, 4) is 11.8 Å². The lowest BCUT2D eigenvalue weighted by Gasteiger charge is -2.37. The third kappa shape index (κ3) is 7.03. The van der Waals surface area contributed by atoms with E-state index in [9.17, 15) is 15.3 Å². The largest absolute Gasteiger partial charge is 0.392 e. The van der Waals surface area contributed by atoms with Gasteiger partial charge in [0.1, 0.15) is 22.7 Å². The number of carbonyl (C=O) groups excluding carboxylic acids is 1. The third-order valence-corrected chi connectivity index (χ3v) is 9.90. The summed E-state index contributed by atoms with van der Waals surface area (Å²) >= 11 is 7.74. The quantitative estimate of drug-likeness (QED) is 0.118. The molecule has 2 aromatic carbocycles. The number of hydrogen-bond acceptors (Lipinski definition) is 8. The van der Waals surface area contributed by atoms with Gasteiger partial charge in [-0.3, -0.25) is 25.5 Å². The van der Waals surface area contributed by atoms with Crippen molar-refractivity contribution >= 4 is 56.9 Å². The number of unbranched alkanes of at least 4 members (excludes halogenated alkanes) is 1. The van der Waals surface area contributed by atoms with E-state index in [4.69, 9.17) is 27.7 Å². The van der Waals surface area contributed by atoms with E-state index in [-0.39, 0.29) is 30.6 Å². The van der Waals surface area contributed by atoms with Gasteiger partial charge in [-0.25, -0.2) is 0 Å². The molecule has 1 atom stereocenters. The lowest BCUT2D eigenvalue weighted by atomic mass is 9.99. The number of halogens is 1. The van der Waals surface area contributed by atoms with E-state index in [0.29, 0.717) is 43.5 Å². The minimum Gasteiger partial charge on any atom is -0.392 e. The maximum Gasteiger partial charge on any atom is 0.225 e. The summed E-state index contributed by atoms with van der Waals surface area (Å²) in [4.78, 5) is 25.6. The molecule has 3 aromatic rings. The van der Waals surface area contributed by atoms with E-state index in [2.05, 4.69) is 16.7 Å². The van der Waals surface area contributed by atoms with Gasteiger partial charge in [-0.15, -0.1) is 11.3 Å². The van der Waals surface area contributed by atoms with Crippen molar-refractivity contribution in [2.45, 2.75) is 52.7 Å². The van der Waals surface area contributed by atoms with Crippen LogP contribution in [0.2, 0.25) is 5.02 Å². The molecule has 11 heteroatoms. The molecule has 1 fully saturated rings. The molecule has 9 nitrogen and oxygen atoms in total. The zero-order valence-electron chi connectivity index (χ0n) is 26.5. The first-order chi connectivity index (χ1) is 22.1. The molecule has 2 aliphatic heterocycles. The summed E-state index contributed by atoms with van der Waals surface area (Å²) in [6, 6.07) is 12.6. The molecule has 5 N–H and O–H groups in total. The standard InChI is InChI=1S/C35H40ClN7O2S/c1-22-23(2)46-35-32(22)33(26-8-11-28(36)12-9-26)40-30(34(39)43(35)24(3)38)20-31(45)42-17-15-41(16-18-42)29-13-10-25(27(19-29)21-44)7-5-4-6-14-37/h8-13,19,30,38-39,44H,4,6,14-18,20-21,37H2,1-3H3/t30-/m0/s1. The van der Waals surface area contributed by atoms with Crippen LogP contribution in [0.25, 0.3) is 0 Å². The van der Waals surface area contributed by atoms with Gasteiger partial charge in [0.2, 0.25) is 5.91 Å². The fourth-order valence-corrected chi connectivity index (χ4v) is 7.12. The molecule has 0 radical (unpaired) electrons. The van der Waals surface area contributed by atoms with Crippen LogP contribution in [0.3, 0.4) is 0 Å². The Morgan fingerprint density at radius 1 is 1.15 bits per heavy atom. The van der Waals surface area contributed by atoms with Crippen LogP contribution in [0.15, 0.2) is 47.5 Å². The number of nitrogens with one attached hydrogen (secondary N) is 2. The van der Waals surface area contributed by atoms with Gasteiger partial charge < -0.3 is 20.6 Å². The van der Waals surface area contributed by atoms with Crippen molar-refractivity contribution in [1.82, 2.24) is 4.90 Å². The Bertz CT molecular complexity index is 1730. The first-order valence-electron chi connectivity index (χ1n) is 15.5. The molecule has 2 aliphatic rings. The molecule has 0 unspecified atom stereocenters. The average Bonchev–Trinajstić information content (AvgIpc) is 3.27. The number of piperazine rings is 1. The normalized spacial score (nSPS) is 16.4. The van der Waals surface area contributed by atoms with Gasteiger partial charge in [0.15, 0.2) is 0 Å². The lowest BCUT2D eigenvalue weighted by molar-refractivity contribution is -0.131. The van der Waals surface area contributed by atoms with Crippen LogP contribution in [-0.2, 0) is 11.4 Å². The number of benzene rings is 2. The van der Waals surface area contributed by atoms with E-state index in [0.717, 1.165) is 56.2 Å². The molecule has 0 aliphatic carbocycles. The molecule has 240 valence electrons. The highest BCUT2D eigenvalue weighted by molar-refractivity contribution is 7.17. The number of amidine groups is 2. The van der Waals surface area contributed by atoms with Gasteiger partial charge in [0.05, 0.1) is 18.7 Å². The van der Waals surface area contributed by atoms with E-state index >= 15 is 0 Å². The van der Waals surface area contributed by atoms with Gasteiger partial charge in [-0.1, -0.05) is 35.6 Å². The van der Waals surface area contributed by atoms with Crippen molar-refractivity contribution in [3.63, 3.8) is 0 Å². The van der Waals surface area contributed by atoms with Crippen LogP contribution in [0.5, 0.6) is 0 Å². The predicted octanol–water partition coefficient (Wildman–Crippen LogP) is 5.34. The van der Waals surface area contributed by atoms with Gasteiger partial charge in [0.25, 0.3) is 0 Å². The first kappa shape index (κ1) is 33.4. The Hall–Kier alpha value is -4.01. The Labute approximate surface area is 279 Å². The van der Waals surface area contributed by atoms with Gasteiger partial charge in [-0.05, 0) is 75.2 Å². The molecule has 3 heterocycles. The topological polar surface area (TPSA) is 133 Å². The Morgan fingerprint density at radius 2 is 1.87 bits per heavy atom. The number of rotatable bonds is 7. The van der Waals surface area contributed by atoms with Crippen LogP contribution in [0.1, 0.15) is 58.9 Å². The van der Waals surface area contributed by atoms with Crippen LogP contribution in [0.4, 0.5) is 10.7 Å². The highest BCUT2D eigenvalue weighted by Crippen LogP contribution is 2.40. The van der Waals surface area contributed by atoms with Crippen LogP contribution >= 0.6 is 22.9 Å². The Kier molecular flexibility index (Phi) is 10.6. The molecule has 5 rings (SSSR count). The second-order valence-electron chi connectivity index (χ2n) is 11.5. The summed E-state index contributed by atoms with van der Waals surface area (Å²) in [6.45, 7) is 8.58. The van der Waals surface area contributed by atoms with Crippen molar-refractivity contribution in [2.75, 3.05) is 42.5 Å². The smallest absolute Gasteiger partial charge is 0.225 e. The average molecular weight is 658 g/mol. The summed E-state index contributed by atoms with van der Waals surface area (Å²) < 4.78 is 0. The SMILES string of the molecule is CC(=N)N1C(=N)[C@H](CC(=O)N2CCN(c3ccc(C#CCCCN)c(CO)c3)CC2)N=C(c2ccc(Cl)cc2)c2c1sc(C)c2C. The van der Waals surface area contributed by atoms with Crippen LogP contribution < -0.4 is 15.5 Å². The molecule has 1 saturated heterocycles. The molecular formula is C35H40ClN7O2S. The van der Waals surface area contributed by atoms with E-state index in [1.54, 1.807) is 11.8 Å². The predicted molar refractivity (Wildman–Crippen MR) is 189 cm³/mol. The molecule has 0 saturated carbocycles. The van der Waals surface area contributed by atoms with Crippen molar-refractivity contribution in [3.05, 3.63) is 80.2 Å². The number of carbonyl (C=O) groups is 1. The second-order valence-corrected chi connectivity index (χ2v) is 13.2. The summed E-state index contributed by atoms with van der Waals surface area (Å²) in [5, 5.41) is 29.1. The molecule has 1 aromatic heterocycles. The number of amides is 1. The summed E-state index contributed by atoms with van der Waals surface area (Å²) in [6.07, 6.45) is 1.59. The van der Waals surface area contributed by atoms with Gasteiger partial charge in [-0.2, -0.15) is 0 Å². The van der Waals surface area contributed by atoms with Gasteiger partial charge >= 0.3 is 0 Å². The highest BCUT2D eigenvalue weighted by atomic mass is 35.5. The lowest BCUT2D eigenvalue weighted by Crippen LogP contribution is -2.50. The number of anilines is 2. The fourth-order valence-electron chi connectivity index (χ4n) is 5.77. The summed E-state index contributed by atoms with van der Waals surface area (Å²) in [7, 11) is 0. The summed E-state index contributed by atoms with van der Waals surface area (Å²) in [5.74, 6) is 6.52. The minimum atomic E-state index is -0.763. The maximum absolute atomic E-state index is 13.8. The van der Waals surface area contributed by atoms with E-state index in [1.807, 2.05) is 61.2 Å². The number of aliphatic hydroxyl groups is 1. The zero-order valence-corrected chi connectivity index (χ0v) is 28.1. The number of hydrogen-bond donors (Lipinski definition) is 4. The fraction of sp³-hybridized carbons (Fsp3) is 0.371. The van der Waals surface area contributed by atoms with E-state index < -0.39 is 6.04 Å². The number of nitrogens with zero attached hydrogens (tertiary/aromatic N) is 4. The highest BCUT2D eigenvalue weighted by Gasteiger charge is 2.36. The first-order valence-corrected chi connectivity index (χ1v) is 16.7. The number of aliphatic imine (C=N–C) groups is 1. The number of aliphatic hydroxyl groups excluding tert-OH is 1. The molecule has 0 bridgehead atoms.